The Morgan fingerprint density at radius 1 is 0.964 bits per heavy atom. The number of carbonyl (C=O) groups excluding carboxylic acids is 1. The lowest BCUT2D eigenvalue weighted by Crippen LogP contribution is -2.23. The van der Waals surface area contributed by atoms with Crippen molar-refractivity contribution < 1.29 is 24.2 Å². The molecule has 2 aromatic carbocycles. The maximum absolute atomic E-state index is 11.6. The van der Waals surface area contributed by atoms with Crippen molar-refractivity contribution in [1.82, 2.24) is 5.32 Å². The van der Waals surface area contributed by atoms with Crippen LogP contribution in [0.2, 0.25) is 0 Å². The standard InChI is InChI=1S/C22H27NO5/c1-15-7-8-16(2)22(17(15)3)28-12-11-27-19-6-4-5-18(13-19)14-23-20(24)9-10-21(25)26/h4-8,13H,9-12,14H2,1-3H3,(H,23,24)(H,25,26). The Labute approximate surface area is 165 Å². The molecule has 0 unspecified atom stereocenters. The molecule has 2 rings (SSSR count). The van der Waals surface area contributed by atoms with Crippen molar-refractivity contribution in [1.29, 1.82) is 0 Å². The Balaban J connectivity index is 1.79. The van der Waals surface area contributed by atoms with E-state index >= 15 is 0 Å². The van der Waals surface area contributed by atoms with Gasteiger partial charge in [-0.05, 0) is 55.2 Å². The second-order valence-electron chi connectivity index (χ2n) is 6.67. The van der Waals surface area contributed by atoms with Crippen LogP contribution in [0.25, 0.3) is 0 Å². The predicted octanol–water partition coefficient (Wildman–Crippen LogP) is 3.55. The number of benzene rings is 2. The summed E-state index contributed by atoms with van der Waals surface area (Å²) in [7, 11) is 0. The van der Waals surface area contributed by atoms with E-state index in [1.54, 1.807) is 0 Å². The summed E-state index contributed by atoms with van der Waals surface area (Å²) in [5, 5.41) is 11.3. The minimum absolute atomic E-state index is 0.0271. The van der Waals surface area contributed by atoms with Crippen molar-refractivity contribution in [2.45, 2.75) is 40.2 Å². The summed E-state index contributed by atoms with van der Waals surface area (Å²) >= 11 is 0. The highest BCUT2D eigenvalue weighted by molar-refractivity contribution is 5.80. The lowest BCUT2D eigenvalue weighted by Gasteiger charge is -2.14. The molecule has 0 radical (unpaired) electrons. The number of aliphatic carboxylic acids is 1. The molecule has 0 saturated heterocycles. The number of rotatable bonds is 10. The third-order valence-electron chi connectivity index (χ3n) is 4.43. The largest absolute Gasteiger partial charge is 0.490 e. The zero-order valence-corrected chi connectivity index (χ0v) is 16.6. The van der Waals surface area contributed by atoms with E-state index in [1.807, 2.05) is 44.2 Å². The molecule has 0 fully saturated rings. The van der Waals surface area contributed by atoms with E-state index in [9.17, 15) is 9.59 Å². The molecule has 2 N–H and O–H groups in total. The van der Waals surface area contributed by atoms with Gasteiger partial charge in [-0.1, -0.05) is 24.3 Å². The summed E-state index contributed by atoms with van der Waals surface area (Å²) in [6.07, 6.45) is -0.199. The number of carboxylic acids is 1. The molecule has 0 aromatic heterocycles. The van der Waals surface area contributed by atoms with Gasteiger partial charge in [-0.25, -0.2) is 0 Å². The first-order chi connectivity index (χ1) is 13.4. The number of ether oxygens (including phenoxy) is 2. The number of hydrogen-bond acceptors (Lipinski definition) is 4. The lowest BCUT2D eigenvalue weighted by molar-refractivity contribution is -0.138. The van der Waals surface area contributed by atoms with Crippen molar-refractivity contribution in [2.75, 3.05) is 13.2 Å². The van der Waals surface area contributed by atoms with E-state index in [4.69, 9.17) is 14.6 Å². The fourth-order valence-electron chi connectivity index (χ4n) is 2.71. The van der Waals surface area contributed by atoms with Crippen LogP contribution in [0.4, 0.5) is 0 Å². The maximum Gasteiger partial charge on any atom is 0.303 e. The zero-order valence-electron chi connectivity index (χ0n) is 16.6. The summed E-state index contributed by atoms with van der Waals surface area (Å²) in [6, 6.07) is 11.6. The molecule has 0 spiro atoms. The Morgan fingerprint density at radius 2 is 1.68 bits per heavy atom. The van der Waals surface area contributed by atoms with Gasteiger partial charge in [0.1, 0.15) is 24.7 Å². The van der Waals surface area contributed by atoms with Crippen molar-refractivity contribution in [3.8, 4) is 11.5 Å². The van der Waals surface area contributed by atoms with Crippen LogP contribution in [-0.2, 0) is 16.1 Å². The highest BCUT2D eigenvalue weighted by Crippen LogP contribution is 2.25. The van der Waals surface area contributed by atoms with Gasteiger partial charge in [0.25, 0.3) is 0 Å². The van der Waals surface area contributed by atoms with Crippen LogP contribution >= 0.6 is 0 Å². The first-order valence-electron chi connectivity index (χ1n) is 9.26. The molecule has 28 heavy (non-hydrogen) atoms. The van der Waals surface area contributed by atoms with E-state index in [2.05, 4.69) is 18.3 Å². The summed E-state index contributed by atoms with van der Waals surface area (Å²) < 4.78 is 11.6. The first kappa shape index (κ1) is 21.3. The van der Waals surface area contributed by atoms with Crippen molar-refractivity contribution >= 4 is 11.9 Å². The van der Waals surface area contributed by atoms with Gasteiger partial charge in [0.15, 0.2) is 0 Å². The van der Waals surface area contributed by atoms with Gasteiger partial charge in [0, 0.05) is 13.0 Å². The van der Waals surface area contributed by atoms with Gasteiger partial charge in [-0.2, -0.15) is 0 Å². The van der Waals surface area contributed by atoms with Crippen molar-refractivity contribution in [3.05, 3.63) is 58.7 Å². The molecular weight excluding hydrogens is 358 g/mol. The number of carbonyl (C=O) groups is 2. The molecule has 1 amide bonds. The fourth-order valence-corrected chi connectivity index (χ4v) is 2.71. The second kappa shape index (κ2) is 10.3. The van der Waals surface area contributed by atoms with E-state index in [0.29, 0.717) is 25.5 Å². The van der Waals surface area contributed by atoms with E-state index in [1.165, 1.54) is 5.56 Å². The molecule has 0 aliphatic heterocycles. The molecule has 2 aromatic rings. The molecule has 6 heteroatoms. The topological polar surface area (TPSA) is 84.9 Å². The van der Waals surface area contributed by atoms with Gasteiger partial charge < -0.3 is 19.9 Å². The number of aryl methyl sites for hydroxylation is 2. The molecule has 0 bridgehead atoms. The zero-order chi connectivity index (χ0) is 20.5. The van der Waals surface area contributed by atoms with Gasteiger partial charge >= 0.3 is 5.97 Å². The molecular formula is C22H27NO5. The molecule has 150 valence electrons. The Kier molecular flexibility index (Phi) is 7.87. The average Bonchev–Trinajstić information content (AvgIpc) is 2.67. The third kappa shape index (κ3) is 6.61. The number of nitrogens with one attached hydrogen (secondary N) is 1. The van der Waals surface area contributed by atoms with Crippen LogP contribution < -0.4 is 14.8 Å². The molecule has 0 aliphatic carbocycles. The van der Waals surface area contributed by atoms with Gasteiger partial charge in [-0.3, -0.25) is 9.59 Å². The van der Waals surface area contributed by atoms with Crippen LogP contribution in [0.1, 0.15) is 35.1 Å². The summed E-state index contributed by atoms with van der Waals surface area (Å²) in [4.78, 5) is 22.1. The third-order valence-corrected chi connectivity index (χ3v) is 4.43. The smallest absolute Gasteiger partial charge is 0.303 e. The predicted molar refractivity (Wildman–Crippen MR) is 107 cm³/mol. The van der Waals surface area contributed by atoms with E-state index < -0.39 is 5.97 Å². The number of carboxylic acid groups (broad SMARTS) is 1. The van der Waals surface area contributed by atoms with Gasteiger partial charge in [0.05, 0.1) is 6.42 Å². The Hall–Kier alpha value is -3.02. The fraction of sp³-hybridized carbons (Fsp3) is 0.364. The van der Waals surface area contributed by atoms with E-state index in [-0.39, 0.29) is 18.7 Å². The molecule has 0 atom stereocenters. The average molecular weight is 385 g/mol. The van der Waals surface area contributed by atoms with E-state index in [0.717, 1.165) is 22.4 Å². The normalized spacial score (nSPS) is 10.4. The van der Waals surface area contributed by atoms with Crippen molar-refractivity contribution in [2.24, 2.45) is 0 Å². The van der Waals surface area contributed by atoms with Gasteiger partial charge in [0.2, 0.25) is 5.91 Å². The maximum atomic E-state index is 11.6. The Bertz CT molecular complexity index is 832. The number of hydrogen-bond donors (Lipinski definition) is 2. The highest BCUT2D eigenvalue weighted by Gasteiger charge is 2.07. The SMILES string of the molecule is Cc1ccc(C)c(OCCOc2cccc(CNC(=O)CCC(=O)O)c2)c1C. The van der Waals surface area contributed by atoms with Crippen LogP contribution in [0, 0.1) is 20.8 Å². The van der Waals surface area contributed by atoms with Crippen LogP contribution in [0.15, 0.2) is 36.4 Å². The van der Waals surface area contributed by atoms with Crippen LogP contribution in [0.5, 0.6) is 11.5 Å². The molecule has 0 saturated carbocycles. The summed E-state index contributed by atoms with van der Waals surface area (Å²) in [6.45, 7) is 7.30. The quantitative estimate of drug-likeness (QED) is 0.611. The van der Waals surface area contributed by atoms with Gasteiger partial charge in [-0.15, -0.1) is 0 Å². The highest BCUT2D eigenvalue weighted by atomic mass is 16.5. The Morgan fingerprint density at radius 3 is 2.43 bits per heavy atom. The molecule has 0 aliphatic rings. The lowest BCUT2D eigenvalue weighted by atomic mass is 10.1. The first-order valence-corrected chi connectivity index (χ1v) is 9.26. The summed E-state index contributed by atoms with van der Waals surface area (Å²) in [5.41, 5.74) is 4.32. The summed E-state index contributed by atoms with van der Waals surface area (Å²) in [5.74, 6) is 0.329. The van der Waals surface area contributed by atoms with Crippen molar-refractivity contribution in [3.63, 3.8) is 0 Å². The van der Waals surface area contributed by atoms with Crippen LogP contribution in [0.3, 0.4) is 0 Å². The monoisotopic (exact) mass is 385 g/mol. The number of amides is 1. The minimum atomic E-state index is -0.983. The molecule has 0 heterocycles. The van der Waals surface area contributed by atoms with Crippen LogP contribution in [-0.4, -0.2) is 30.2 Å². The second-order valence-corrected chi connectivity index (χ2v) is 6.67. The minimum Gasteiger partial charge on any atom is -0.490 e. The molecule has 6 nitrogen and oxygen atoms in total.